The highest BCUT2D eigenvalue weighted by Crippen LogP contribution is 2.36. The van der Waals surface area contributed by atoms with Crippen LogP contribution in [0.1, 0.15) is 48.8 Å². The molecular formula is C20H24ClNO3. The molecule has 2 aromatic carbocycles. The molecule has 1 aliphatic rings. The van der Waals surface area contributed by atoms with Crippen molar-refractivity contribution in [3.05, 3.63) is 58.6 Å². The maximum absolute atomic E-state index is 10.3. The molecule has 5 heteroatoms. The number of aromatic hydroxyl groups is 2. The lowest BCUT2D eigenvalue weighted by Gasteiger charge is -2.31. The molecule has 4 N–H and O–H groups in total. The van der Waals surface area contributed by atoms with Crippen LogP contribution in [0, 0.1) is 0 Å². The van der Waals surface area contributed by atoms with Crippen LogP contribution in [-0.2, 0) is 0 Å². The van der Waals surface area contributed by atoms with Gasteiger partial charge in [-0.3, -0.25) is 0 Å². The zero-order valence-corrected chi connectivity index (χ0v) is 14.8. The third-order valence-corrected chi connectivity index (χ3v) is 5.21. The van der Waals surface area contributed by atoms with Crippen LogP contribution in [-0.4, -0.2) is 27.9 Å². The van der Waals surface area contributed by atoms with Gasteiger partial charge in [0, 0.05) is 17.6 Å². The zero-order valence-electron chi connectivity index (χ0n) is 14.0. The highest BCUT2D eigenvalue weighted by molar-refractivity contribution is 6.30. The fraction of sp³-hybridized carbons (Fsp3) is 0.400. The maximum Gasteiger partial charge on any atom is 0.157 e. The number of phenols is 2. The number of hydrogen-bond acceptors (Lipinski definition) is 4. The van der Waals surface area contributed by atoms with Gasteiger partial charge in [0.2, 0.25) is 0 Å². The predicted octanol–water partition coefficient (Wildman–Crippen LogP) is 4.10. The Hall–Kier alpha value is -1.75. The summed E-state index contributed by atoms with van der Waals surface area (Å²) in [4.78, 5) is 0. The molecule has 0 saturated heterocycles. The Kier molecular flexibility index (Phi) is 5.84. The van der Waals surface area contributed by atoms with Gasteiger partial charge in [-0.15, -0.1) is 0 Å². The van der Waals surface area contributed by atoms with Crippen molar-refractivity contribution in [2.75, 3.05) is 6.54 Å². The molecule has 1 fully saturated rings. The monoisotopic (exact) mass is 361 g/mol. The van der Waals surface area contributed by atoms with Gasteiger partial charge in [0.05, 0.1) is 6.10 Å². The number of halogens is 1. The molecule has 3 unspecified atom stereocenters. The average molecular weight is 362 g/mol. The summed E-state index contributed by atoms with van der Waals surface area (Å²) in [6.45, 7) is 0.485. The van der Waals surface area contributed by atoms with E-state index in [0.29, 0.717) is 23.5 Å². The quantitative estimate of drug-likeness (QED) is 0.605. The van der Waals surface area contributed by atoms with Gasteiger partial charge < -0.3 is 20.6 Å². The number of hydrogen-bond donors (Lipinski definition) is 4. The van der Waals surface area contributed by atoms with Crippen molar-refractivity contribution < 1.29 is 15.3 Å². The van der Waals surface area contributed by atoms with Crippen molar-refractivity contribution in [1.82, 2.24) is 5.32 Å². The van der Waals surface area contributed by atoms with Gasteiger partial charge in [0.15, 0.2) is 11.5 Å². The molecule has 0 radical (unpaired) electrons. The molecule has 134 valence electrons. The van der Waals surface area contributed by atoms with Crippen LogP contribution < -0.4 is 5.32 Å². The molecule has 25 heavy (non-hydrogen) atoms. The van der Waals surface area contributed by atoms with Gasteiger partial charge in [-0.1, -0.05) is 36.2 Å². The summed E-state index contributed by atoms with van der Waals surface area (Å²) in [6.07, 6.45) is 3.60. The molecule has 0 heterocycles. The van der Waals surface area contributed by atoms with E-state index in [1.54, 1.807) is 24.3 Å². The second-order valence-corrected chi connectivity index (χ2v) is 7.22. The smallest absolute Gasteiger partial charge is 0.157 e. The van der Waals surface area contributed by atoms with E-state index in [2.05, 4.69) is 5.32 Å². The van der Waals surface area contributed by atoms with Crippen molar-refractivity contribution in [1.29, 1.82) is 0 Å². The minimum atomic E-state index is -0.586. The van der Waals surface area contributed by atoms with E-state index in [1.807, 2.05) is 18.2 Å². The molecule has 0 spiro atoms. The van der Waals surface area contributed by atoms with Gasteiger partial charge in [-0.05, 0) is 60.6 Å². The number of aliphatic hydroxyl groups is 1. The highest BCUT2D eigenvalue weighted by Gasteiger charge is 2.24. The van der Waals surface area contributed by atoms with Crippen LogP contribution in [0.3, 0.4) is 0 Å². The summed E-state index contributed by atoms with van der Waals surface area (Å²) in [5.74, 6) is 0.198. The molecule has 3 rings (SSSR count). The molecule has 2 aromatic rings. The first-order valence-corrected chi connectivity index (χ1v) is 9.09. The first-order valence-electron chi connectivity index (χ1n) is 8.71. The third kappa shape index (κ3) is 4.66. The van der Waals surface area contributed by atoms with Crippen molar-refractivity contribution in [3.8, 4) is 11.5 Å². The first-order chi connectivity index (χ1) is 12.0. The largest absolute Gasteiger partial charge is 0.504 e. The standard InChI is InChI=1S/C20H24ClNO3/c21-16-5-1-4-15(9-16)20(25)12-22-17-6-2-3-13(10-17)14-7-8-18(23)19(24)11-14/h1,4-5,7-9,11,13,17,20,22-25H,2-3,6,10,12H2. The van der Waals surface area contributed by atoms with E-state index in [9.17, 15) is 15.3 Å². The molecule has 4 nitrogen and oxygen atoms in total. The van der Waals surface area contributed by atoms with Crippen molar-refractivity contribution in [2.45, 2.75) is 43.7 Å². The summed E-state index contributed by atoms with van der Waals surface area (Å²) < 4.78 is 0. The first kappa shape index (κ1) is 18.1. The van der Waals surface area contributed by atoms with E-state index < -0.39 is 6.10 Å². The highest BCUT2D eigenvalue weighted by atomic mass is 35.5. The summed E-state index contributed by atoms with van der Waals surface area (Å²) in [5.41, 5.74) is 1.87. The van der Waals surface area contributed by atoms with E-state index in [-0.39, 0.29) is 11.5 Å². The summed E-state index contributed by atoms with van der Waals surface area (Å²) in [6, 6.07) is 12.7. The number of phenolic OH excluding ortho intramolecular Hbond substituents is 2. The third-order valence-electron chi connectivity index (χ3n) is 4.98. The van der Waals surface area contributed by atoms with Crippen molar-refractivity contribution in [3.63, 3.8) is 0 Å². The maximum atomic E-state index is 10.3. The minimum Gasteiger partial charge on any atom is -0.504 e. The number of benzene rings is 2. The fourth-order valence-electron chi connectivity index (χ4n) is 3.58. The Morgan fingerprint density at radius 3 is 2.68 bits per heavy atom. The molecule has 0 aromatic heterocycles. The molecular weight excluding hydrogens is 338 g/mol. The SMILES string of the molecule is Oc1ccc(C2CCCC(NCC(O)c3cccc(Cl)c3)C2)cc1O. The Morgan fingerprint density at radius 2 is 1.92 bits per heavy atom. The van der Waals surface area contributed by atoms with Crippen LogP contribution in [0.4, 0.5) is 0 Å². The second-order valence-electron chi connectivity index (χ2n) is 6.79. The number of aliphatic hydroxyl groups excluding tert-OH is 1. The molecule has 0 amide bonds. The van der Waals surface area contributed by atoms with Gasteiger partial charge in [0.1, 0.15) is 0 Å². The summed E-state index contributed by atoms with van der Waals surface area (Å²) in [5, 5.41) is 33.6. The van der Waals surface area contributed by atoms with E-state index in [4.69, 9.17) is 11.6 Å². The van der Waals surface area contributed by atoms with Crippen LogP contribution >= 0.6 is 11.6 Å². The van der Waals surface area contributed by atoms with Crippen LogP contribution in [0.2, 0.25) is 5.02 Å². The van der Waals surface area contributed by atoms with E-state index in [1.165, 1.54) is 0 Å². The number of nitrogens with one attached hydrogen (secondary N) is 1. The minimum absolute atomic E-state index is 0.0658. The zero-order chi connectivity index (χ0) is 17.8. The van der Waals surface area contributed by atoms with Crippen molar-refractivity contribution in [2.24, 2.45) is 0 Å². The van der Waals surface area contributed by atoms with Gasteiger partial charge in [-0.2, -0.15) is 0 Å². The van der Waals surface area contributed by atoms with E-state index in [0.717, 1.165) is 36.8 Å². The normalized spacial score (nSPS) is 21.8. The van der Waals surface area contributed by atoms with Gasteiger partial charge in [-0.25, -0.2) is 0 Å². The molecule has 0 bridgehead atoms. The van der Waals surface area contributed by atoms with Crippen LogP contribution in [0.5, 0.6) is 11.5 Å². The number of rotatable bonds is 5. The average Bonchev–Trinajstić information content (AvgIpc) is 2.62. The molecule has 1 aliphatic carbocycles. The van der Waals surface area contributed by atoms with Crippen molar-refractivity contribution >= 4 is 11.6 Å². The van der Waals surface area contributed by atoms with Gasteiger partial charge >= 0.3 is 0 Å². The summed E-state index contributed by atoms with van der Waals surface area (Å²) in [7, 11) is 0. The molecule has 0 aliphatic heterocycles. The summed E-state index contributed by atoms with van der Waals surface area (Å²) >= 11 is 5.98. The lowest BCUT2D eigenvalue weighted by molar-refractivity contribution is 0.164. The molecule has 1 saturated carbocycles. The predicted molar refractivity (Wildman–Crippen MR) is 99.2 cm³/mol. The van der Waals surface area contributed by atoms with E-state index >= 15 is 0 Å². The second kappa shape index (κ2) is 8.09. The van der Waals surface area contributed by atoms with Gasteiger partial charge in [0.25, 0.3) is 0 Å². The van der Waals surface area contributed by atoms with Crippen LogP contribution in [0.25, 0.3) is 0 Å². The Morgan fingerprint density at radius 1 is 1.08 bits per heavy atom. The topological polar surface area (TPSA) is 72.7 Å². The Bertz CT molecular complexity index is 722. The van der Waals surface area contributed by atoms with Crippen LogP contribution in [0.15, 0.2) is 42.5 Å². The lowest BCUT2D eigenvalue weighted by Crippen LogP contribution is -2.36. The fourth-order valence-corrected chi connectivity index (χ4v) is 3.78. The molecule has 3 atom stereocenters. The lowest BCUT2D eigenvalue weighted by atomic mass is 9.81. The Labute approximate surface area is 153 Å². The Balaban J connectivity index is 1.57.